The minimum Gasteiger partial charge on any atom is -0.324 e. The SMILES string of the molecule is [CH2]CCC(C)(P(=O)(O)O)P(=O)(O)O. The summed E-state index contributed by atoms with van der Waals surface area (Å²) in [4.78, 5) is 32.9. The molecule has 6 nitrogen and oxygen atoms in total. The van der Waals surface area contributed by atoms with Crippen molar-refractivity contribution in [3.8, 4) is 0 Å². The van der Waals surface area contributed by atoms with E-state index in [1.165, 1.54) is 0 Å². The number of rotatable bonds is 4. The van der Waals surface area contributed by atoms with Crippen LogP contribution in [0.4, 0.5) is 0 Å². The van der Waals surface area contributed by atoms with Crippen molar-refractivity contribution in [2.45, 2.75) is 24.7 Å². The van der Waals surface area contributed by atoms with Crippen molar-refractivity contribution < 1.29 is 28.7 Å². The van der Waals surface area contributed by atoms with Gasteiger partial charge in [0.15, 0.2) is 4.90 Å². The Morgan fingerprint density at radius 2 is 1.46 bits per heavy atom. The summed E-state index contributed by atoms with van der Waals surface area (Å²) in [7, 11) is -9.66. The van der Waals surface area contributed by atoms with Gasteiger partial charge in [-0.05, 0) is 13.3 Å². The van der Waals surface area contributed by atoms with Crippen LogP contribution >= 0.6 is 15.2 Å². The Morgan fingerprint density at radius 1 is 1.15 bits per heavy atom. The van der Waals surface area contributed by atoms with E-state index in [1.807, 2.05) is 0 Å². The van der Waals surface area contributed by atoms with Gasteiger partial charge in [0.1, 0.15) is 0 Å². The molecular weight excluding hydrogens is 218 g/mol. The molecule has 0 rings (SSSR count). The van der Waals surface area contributed by atoms with Crippen molar-refractivity contribution in [3.05, 3.63) is 6.92 Å². The van der Waals surface area contributed by atoms with Gasteiger partial charge in [0.05, 0.1) is 0 Å². The summed E-state index contributed by atoms with van der Waals surface area (Å²) >= 11 is 0. The first-order valence-electron chi connectivity index (χ1n) is 3.47. The van der Waals surface area contributed by atoms with E-state index in [4.69, 9.17) is 19.6 Å². The highest BCUT2D eigenvalue weighted by atomic mass is 31.2. The highest BCUT2D eigenvalue weighted by Crippen LogP contribution is 2.70. The summed E-state index contributed by atoms with van der Waals surface area (Å²) in [5.74, 6) is 0. The molecule has 0 atom stereocenters. The molecule has 0 spiro atoms. The number of hydrogen-bond donors (Lipinski definition) is 4. The van der Waals surface area contributed by atoms with E-state index in [9.17, 15) is 9.13 Å². The molecular formula is C5H13O6P2. The second-order valence-corrected chi connectivity index (χ2v) is 7.41. The van der Waals surface area contributed by atoms with Crippen molar-refractivity contribution in [1.82, 2.24) is 0 Å². The van der Waals surface area contributed by atoms with Crippen LogP contribution < -0.4 is 0 Å². The van der Waals surface area contributed by atoms with E-state index in [1.54, 1.807) is 0 Å². The summed E-state index contributed by atoms with van der Waals surface area (Å²) in [5, 5.41) is 0. The zero-order chi connectivity index (χ0) is 10.9. The maximum absolute atomic E-state index is 10.9. The first kappa shape index (κ1) is 13.3. The molecule has 0 fully saturated rings. The van der Waals surface area contributed by atoms with E-state index in [-0.39, 0.29) is 12.8 Å². The van der Waals surface area contributed by atoms with Gasteiger partial charge in [0.2, 0.25) is 0 Å². The molecule has 0 amide bonds. The quantitative estimate of drug-likeness (QED) is 0.528. The van der Waals surface area contributed by atoms with Crippen molar-refractivity contribution in [2.24, 2.45) is 0 Å². The molecule has 0 aromatic rings. The van der Waals surface area contributed by atoms with Crippen LogP contribution in [0.5, 0.6) is 0 Å². The third kappa shape index (κ3) is 2.62. The van der Waals surface area contributed by atoms with E-state index < -0.39 is 20.1 Å². The van der Waals surface area contributed by atoms with Crippen LogP contribution in [-0.2, 0) is 9.13 Å². The second-order valence-electron chi connectivity index (χ2n) is 2.91. The Hall–Kier alpha value is 0.300. The van der Waals surface area contributed by atoms with Crippen LogP contribution in [0, 0.1) is 6.92 Å². The van der Waals surface area contributed by atoms with Crippen LogP contribution in [0.25, 0.3) is 0 Å². The topological polar surface area (TPSA) is 115 Å². The van der Waals surface area contributed by atoms with Crippen LogP contribution in [0.15, 0.2) is 0 Å². The molecule has 0 saturated carbocycles. The van der Waals surface area contributed by atoms with Crippen molar-refractivity contribution in [1.29, 1.82) is 0 Å². The van der Waals surface area contributed by atoms with E-state index >= 15 is 0 Å². The van der Waals surface area contributed by atoms with Gasteiger partial charge in [-0.25, -0.2) is 0 Å². The van der Waals surface area contributed by atoms with Gasteiger partial charge in [0.25, 0.3) is 0 Å². The molecule has 0 aromatic carbocycles. The zero-order valence-electron chi connectivity index (χ0n) is 7.12. The highest BCUT2D eigenvalue weighted by Gasteiger charge is 2.55. The fourth-order valence-electron chi connectivity index (χ4n) is 0.796. The maximum Gasteiger partial charge on any atom is 0.343 e. The molecule has 0 heterocycles. The summed E-state index contributed by atoms with van der Waals surface area (Å²) in [5.41, 5.74) is 0. The van der Waals surface area contributed by atoms with Crippen molar-refractivity contribution in [2.75, 3.05) is 0 Å². The normalized spacial score (nSPS) is 14.6. The first-order chi connectivity index (χ1) is 5.56. The molecule has 1 radical (unpaired) electrons. The van der Waals surface area contributed by atoms with Gasteiger partial charge in [-0.1, -0.05) is 13.3 Å². The van der Waals surface area contributed by atoms with Crippen LogP contribution in [0.1, 0.15) is 19.8 Å². The molecule has 0 aliphatic heterocycles. The van der Waals surface area contributed by atoms with Crippen molar-refractivity contribution in [3.63, 3.8) is 0 Å². The highest BCUT2D eigenvalue weighted by molar-refractivity contribution is 7.72. The lowest BCUT2D eigenvalue weighted by Crippen LogP contribution is -2.24. The third-order valence-electron chi connectivity index (χ3n) is 1.91. The van der Waals surface area contributed by atoms with Crippen LogP contribution in [0.3, 0.4) is 0 Å². The fourth-order valence-corrected chi connectivity index (χ4v) is 3.05. The molecule has 0 unspecified atom stereocenters. The molecule has 79 valence electrons. The van der Waals surface area contributed by atoms with Gasteiger partial charge in [-0.3, -0.25) is 9.13 Å². The lowest BCUT2D eigenvalue weighted by atomic mass is 10.3. The summed E-state index contributed by atoms with van der Waals surface area (Å²) < 4.78 is 21.7. The molecule has 0 saturated heterocycles. The summed E-state index contributed by atoms with van der Waals surface area (Å²) in [6.07, 6.45) is -0.270. The zero-order valence-corrected chi connectivity index (χ0v) is 8.91. The summed E-state index contributed by atoms with van der Waals surface area (Å²) in [6, 6.07) is 0. The minimum atomic E-state index is -4.83. The third-order valence-corrected chi connectivity index (χ3v) is 6.43. The Balaban J connectivity index is 5.22. The van der Waals surface area contributed by atoms with E-state index in [0.29, 0.717) is 0 Å². The Labute approximate surface area is 76.3 Å². The van der Waals surface area contributed by atoms with E-state index in [0.717, 1.165) is 6.92 Å². The molecule has 0 aliphatic rings. The molecule has 8 heteroatoms. The van der Waals surface area contributed by atoms with Crippen LogP contribution in [0.2, 0.25) is 0 Å². The smallest absolute Gasteiger partial charge is 0.324 e. The Bertz CT molecular complexity index is 240. The molecule has 13 heavy (non-hydrogen) atoms. The predicted octanol–water partition coefficient (Wildman–Crippen LogP) is 0.672. The van der Waals surface area contributed by atoms with Gasteiger partial charge >= 0.3 is 15.2 Å². The lowest BCUT2D eigenvalue weighted by molar-refractivity contribution is 0.308. The summed E-state index contributed by atoms with van der Waals surface area (Å²) in [6.45, 7) is 4.19. The number of hydrogen-bond acceptors (Lipinski definition) is 2. The maximum atomic E-state index is 10.9. The first-order valence-corrected chi connectivity index (χ1v) is 6.69. The van der Waals surface area contributed by atoms with Crippen molar-refractivity contribution >= 4 is 15.2 Å². The molecule has 0 bridgehead atoms. The van der Waals surface area contributed by atoms with Gasteiger partial charge in [0, 0.05) is 0 Å². The van der Waals surface area contributed by atoms with Gasteiger partial charge < -0.3 is 19.6 Å². The average Bonchev–Trinajstić information content (AvgIpc) is 1.82. The average molecular weight is 231 g/mol. The predicted molar refractivity (Wildman–Crippen MR) is 47.1 cm³/mol. The Morgan fingerprint density at radius 3 is 1.54 bits per heavy atom. The largest absolute Gasteiger partial charge is 0.343 e. The molecule has 0 aromatic heterocycles. The monoisotopic (exact) mass is 231 g/mol. The molecule has 4 N–H and O–H groups in total. The fraction of sp³-hybridized carbons (Fsp3) is 0.800. The van der Waals surface area contributed by atoms with Gasteiger partial charge in [-0.15, -0.1) is 0 Å². The molecule has 0 aliphatic carbocycles. The van der Waals surface area contributed by atoms with Crippen LogP contribution in [-0.4, -0.2) is 24.5 Å². The second kappa shape index (κ2) is 3.81. The Kier molecular flexibility index (Phi) is 3.90. The minimum absolute atomic E-state index is 0.0483. The lowest BCUT2D eigenvalue weighted by Gasteiger charge is -2.30. The van der Waals surface area contributed by atoms with E-state index in [2.05, 4.69) is 6.92 Å². The van der Waals surface area contributed by atoms with Gasteiger partial charge in [-0.2, -0.15) is 0 Å². The standard InChI is InChI=1S/C5H13O6P2/c1-3-4-5(2,12(6,7)8)13(9,10)11/h1,3-4H2,2H3,(H2,6,7,8)(H2,9,10,11).